The van der Waals surface area contributed by atoms with E-state index in [-0.39, 0.29) is 5.92 Å². The third-order valence-corrected chi connectivity index (χ3v) is 4.21. The molecule has 0 aliphatic heterocycles. The number of hydrogen-bond acceptors (Lipinski definition) is 3. The number of hydrogen-bond donors (Lipinski definition) is 1. The fraction of sp³-hybridized carbons (Fsp3) is 0.316. The Bertz CT molecular complexity index is 794. The SMILES string of the molecule is CCOc1ccccc1CC(CN)c1nc2ccccc2n1C. The summed E-state index contributed by atoms with van der Waals surface area (Å²) in [7, 11) is 2.06. The van der Waals surface area contributed by atoms with Gasteiger partial charge in [-0.05, 0) is 37.1 Å². The van der Waals surface area contributed by atoms with Gasteiger partial charge in [-0.3, -0.25) is 0 Å². The van der Waals surface area contributed by atoms with Crippen molar-refractivity contribution in [2.75, 3.05) is 13.2 Å². The molecule has 0 fully saturated rings. The number of imidazole rings is 1. The Kier molecular flexibility index (Phi) is 4.63. The number of nitrogens with zero attached hydrogens (tertiary/aromatic N) is 2. The van der Waals surface area contributed by atoms with Crippen molar-refractivity contribution in [2.45, 2.75) is 19.3 Å². The van der Waals surface area contributed by atoms with E-state index in [0.717, 1.165) is 29.0 Å². The van der Waals surface area contributed by atoms with Crippen LogP contribution in [-0.2, 0) is 13.5 Å². The van der Waals surface area contributed by atoms with Gasteiger partial charge in [-0.25, -0.2) is 4.98 Å². The Morgan fingerprint density at radius 2 is 1.87 bits per heavy atom. The van der Waals surface area contributed by atoms with E-state index in [4.69, 9.17) is 15.5 Å². The van der Waals surface area contributed by atoms with Gasteiger partial charge in [0.15, 0.2) is 0 Å². The van der Waals surface area contributed by atoms with Gasteiger partial charge >= 0.3 is 0 Å². The number of ether oxygens (including phenoxy) is 1. The molecule has 0 aliphatic carbocycles. The molecular weight excluding hydrogens is 286 g/mol. The van der Waals surface area contributed by atoms with Crippen LogP contribution in [0.2, 0.25) is 0 Å². The van der Waals surface area contributed by atoms with E-state index in [1.807, 2.05) is 43.3 Å². The molecule has 3 rings (SSSR count). The minimum Gasteiger partial charge on any atom is -0.494 e. The average Bonchev–Trinajstić information content (AvgIpc) is 2.91. The van der Waals surface area contributed by atoms with E-state index in [9.17, 15) is 0 Å². The molecule has 2 N–H and O–H groups in total. The van der Waals surface area contributed by atoms with Crippen LogP contribution in [0, 0.1) is 0 Å². The summed E-state index contributed by atoms with van der Waals surface area (Å²) in [5, 5.41) is 0. The van der Waals surface area contributed by atoms with Crippen molar-refractivity contribution >= 4 is 11.0 Å². The number of rotatable bonds is 6. The lowest BCUT2D eigenvalue weighted by Gasteiger charge is -2.17. The first kappa shape index (κ1) is 15.6. The standard InChI is InChI=1S/C19H23N3O/c1-3-23-18-11-7-4-8-14(18)12-15(13-20)19-21-16-9-5-6-10-17(16)22(19)2/h4-11,15H,3,12-13,20H2,1-2H3. The molecule has 1 unspecified atom stereocenters. The van der Waals surface area contributed by atoms with Gasteiger partial charge in [0, 0.05) is 19.5 Å². The van der Waals surface area contributed by atoms with Gasteiger partial charge in [-0.2, -0.15) is 0 Å². The van der Waals surface area contributed by atoms with E-state index < -0.39 is 0 Å². The molecule has 0 radical (unpaired) electrons. The summed E-state index contributed by atoms with van der Waals surface area (Å²) >= 11 is 0. The van der Waals surface area contributed by atoms with Crippen molar-refractivity contribution in [1.82, 2.24) is 9.55 Å². The van der Waals surface area contributed by atoms with Crippen molar-refractivity contribution in [1.29, 1.82) is 0 Å². The van der Waals surface area contributed by atoms with Gasteiger partial charge in [0.05, 0.1) is 17.6 Å². The molecule has 2 aromatic carbocycles. The highest BCUT2D eigenvalue weighted by atomic mass is 16.5. The third kappa shape index (κ3) is 3.08. The van der Waals surface area contributed by atoms with Gasteiger partial charge in [0.2, 0.25) is 0 Å². The lowest BCUT2D eigenvalue weighted by atomic mass is 9.98. The Morgan fingerprint density at radius 3 is 2.61 bits per heavy atom. The summed E-state index contributed by atoms with van der Waals surface area (Å²) in [5.74, 6) is 2.13. The summed E-state index contributed by atoms with van der Waals surface area (Å²) in [6.07, 6.45) is 0.823. The maximum absolute atomic E-state index is 6.07. The fourth-order valence-electron chi connectivity index (χ4n) is 3.04. The number of aryl methyl sites for hydroxylation is 1. The first-order valence-electron chi connectivity index (χ1n) is 8.06. The third-order valence-electron chi connectivity index (χ3n) is 4.21. The van der Waals surface area contributed by atoms with Crippen LogP contribution in [0.15, 0.2) is 48.5 Å². The maximum Gasteiger partial charge on any atom is 0.122 e. The molecule has 23 heavy (non-hydrogen) atoms. The van der Waals surface area contributed by atoms with Crippen LogP contribution in [0.1, 0.15) is 24.2 Å². The van der Waals surface area contributed by atoms with Crippen molar-refractivity contribution in [3.05, 3.63) is 59.9 Å². The zero-order valence-corrected chi connectivity index (χ0v) is 13.7. The lowest BCUT2D eigenvalue weighted by Crippen LogP contribution is -2.19. The van der Waals surface area contributed by atoms with E-state index in [1.54, 1.807) is 0 Å². The van der Waals surface area contributed by atoms with Crippen LogP contribution in [0.5, 0.6) is 5.75 Å². The van der Waals surface area contributed by atoms with Crippen LogP contribution in [0.3, 0.4) is 0 Å². The topological polar surface area (TPSA) is 53.1 Å². The van der Waals surface area contributed by atoms with Crippen LogP contribution >= 0.6 is 0 Å². The highest BCUT2D eigenvalue weighted by molar-refractivity contribution is 5.75. The second kappa shape index (κ2) is 6.84. The van der Waals surface area contributed by atoms with Gasteiger partial charge in [-0.15, -0.1) is 0 Å². The van der Waals surface area contributed by atoms with E-state index >= 15 is 0 Å². The molecule has 4 nitrogen and oxygen atoms in total. The summed E-state index contributed by atoms with van der Waals surface area (Å²) in [4.78, 5) is 4.80. The molecular formula is C19H23N3O. The molecule has 0 saturated carbocycles. The molecule has 4 heteroatoms. The number of nitrogens with two attached hydrogens (primary N) is 1. The van der Waals surface area contributed by atoms with E-state index in [1.165, 1.54) is 5.56 Å². The first-order chi connectivity index (χ1) is 11.2. The van der Waals surface area contributed by atoms with Crippen LogP contribution in [0.25, 0.3) is 11.0 Å². The van der Waals surface area contributed by atoms with Gasteiger partial charge in [0.1, 0.15) is 11.6 Å². The Hall–Kier alpha value is -2.33. The zero-order valence-electron chi connectivity index (χ0n) is 13.7. The minimum absolute atomic E-state index is 0.161. The van der Waals surface area contributed by atoms with Crippen LogP contribution in [0.4, 0.5) is 0 Å². The summed E-state index contributed by atoms with van der Waals surface area (Å²) in [6, 6.07) is 16.4. The molecule has 1 atom stereocenters. The Morgan fingerprint density at radius 1 is 1.13 bits per heavy atom. The summed E-state index contributed by atoms with van der Waals surface area (Å²) in [6.45, 7) is 3.22. The van der Waals surface area contributed by atoms with Crippen molar-refractivity contribution in [3.8, 4) is 5.75 Å². The van der Waals surface area contributed by atoms with Crippen LogP contribution in [-0.4, -0.2) is 22.7 Å². The van der Waals surface area contributed by atoms with E-state index in [2.05, 4.69) is 23.7 Å². The number of aromatic nitrogens is 2. The maximum atomic E-state index is 6.07. The molecule has 1 aromatic heterocycles. The normalized spacial score (nSPS) is 12.5. The van der Waals surface area contributed by atoms with Crippen LogP contribution < -0.4 is 10.5 Å². The summed E-state index contributed by atoms with van der Waals surface area (Å²) < 4.78 is 7.89. The quantitative estimate of drug-likeness (QED) is 0.760. The van der Waals surface area contributed by atoms with E-state index in [0.29, 0.717) is 13.2 Å². The number of para-hydroxylation sites is 3. The van der Waals surface area contributed by atoms with Gasteiger partial charge < -0.3 is 15.0 Å². The minimum atomic E-state index is 0.161. The summed E-state index contributed by atoms with van der Waals surface area (Å²) in [5.41, 5.74) is 9.40. The number of benzene rings is 2. The molecule has 0 aliphatic rings. The van der Waals surface area contributed by atoms with Crippen molar-refractivity contribution < 1.29 is 4.74 Å². The highest BCUT2D eigenvalue weighted by Crippen LogP contribution is 2.27. The molecule has 3 aromatic rings. The largest absolute Gasteiger partial charge is 0.494 e. The molecule has 0 amide bonds. The second-order valence-corrected chi connectivity index (χ2v) is 5.70. The molecule has 0 bridgehead atoms. The predicted octanol–water partition coefficient (Wildman–Crippen LogP) is 3.26. The van der Waals surface area contributed by atoms with Gasteiger partial charge in [0.25, 0.3) is 0 Å². The molecule has 0 saturated heterocycles. The first-order valence-corrected chi connectivity index (χ1v) is 8.06. The monoisotopic (exact) mass is 309 g/mol. The molecule has 120 valence electrons. The Balaban J connectivity index is 1.95. The van der Waals surface area contributed by atoms with Crippen molar-refractivity contribution in [2.24, 2.45) is 12.8 Å². The molecule has 0 spiro atoms. The second-order valence-electron chi connectivity index (χ2n) is 5.70. The van der Waals surface area contributed by atoms with Crippen molar-refractivity contribution in [3.63, 3.8) is 0 Å². The fourth-order valence-corrected chi connectivity index (χ4v) is 3.04. The lowest BCUT2D eigenvalue weighted by molar-refractivity contribution is 0.335. The van der Waals surface area contributed by atoms with Gasteiger partial charge in [-0.1, -0.05) is 30.3 Å². The number of fused-ring (bicyclic) bond motifs is 1. The average molecular weight is 309 g/mol. The zero-order chi connectivity index (χ0) is 16.2. The Labute approximate surface area is 136 Å². The molecule has 1 heterocycles. The highest BCUT2D eigenvalue weighted by Gasteiger charge is 2.19. The smallest absolute Gasteiger partial charge is 0.122 e. The predicted molar refractivity (Wildman–Crippen MR) is 93.8 cm³/mol.